The lowest BCUT2D eigenvalue weighted by Gasteiger charge is -2.18. The zero-order valence-electron chi connectivity index (χ0n) is 17.7. The molecule has 0 saturated heterocycles. The molecule has 4 aromatic rings. The maximum Gasteiger partial charge on any atom is 0.247 e. The highest BCUT2D eigenvalue weighted by Crippen LogP contribution is 2.33. The predicted molar refractivity (Wildman–Crippen MR) is 123 cm³/mol. The fourth-order valence-corrected chi connectivity index (χ4v) is 4.64. The summed E-state index contributed by atoms with van der Waals surface area (Å²) in [7, 11) is -1.16. The number of rotatable bonds is 8. The van der Waals surface area contributed by atoms with E-state index >= 15 is 0 Å². The molecule has 10 heteroatoms. The van der Waals surface area contributed by atoms with Crippen LogP contribution in [-0.2, 0) is 10.0 Å². The highest BCUT2D eigenvalue weighted by molar-refractivity contribution is 7.89. The summed E-state index contributed by atoms with van der Waals surface area (Å²) in [5, 5.41) is 8.53. The van der Waals surface area contributed by atoms with Crippen molar-refractivity contribution in [1.82, 2.24) is 14.9 Å². The summed E-state index contributed by atoms with van der Waals surface area (Å²) >= 11 is 6.39. The molecule has 33 heavy (non-hydrogen) atoms. The Kier molecular flexibility index (Phi) is 6.64. The molecule has 3 aromatic carbocycles. The first kappa shape index (κ1) is 22.8. The molecule has 1 N–H and O–H groups in total. The van der Waals surface area contributed by atoms with E-state index < -0.39 is 16.1 Å². The summed E-state index contributed by atoms with van der Waals surface area (Å²) in [5.74, 6) is 0.987. The van der Waals surface area contributed by atoms with Crippen molar-refractivity contribution >= 4 is 21.6 Å². The topological polar surface area (TPSA) is 104 Å². The van der Waals surface area contributed by atoms with Gasteiger partial charge in [0, 0.05) is 16.7 Å². The molecule has 0 fully saturated rings. The standard InChI is InChI=1S/C23H20ClN3O5S/c1-30-19-13-12-16(14-20(19)31-2)33(28,29)27-21(17-10-6-7-11-18(17)24)23-26-25-22(32-23)15-8-4-3-5-9-15/h3-14,21,27H,1-2H3/t21-/m1/s1. The zero-order valence-corrected chi connectivity index (χ0v) is 19.3. The minimum Gasteiger partial charge on any atom is -0.493 e. The van der Waals surface area contributed by atoms with Gasteiger partial charge in [-0.1, -0.05) is 48.0 Å². The van der Waals surface area contributed by atoms with Gasteiger partial charge in [0.05, 0.1) is 19.1 Å². The highest BCUT2D eigenvalue weighted by Gasteiger charge is 2.29. The quantitative estimate of drug-likeness (QED) is 0.392. The van der Waals surface area contributed by atoms with Crippen molar-refractivity contribution in [3.63, 3.8) is 0 Å². The molecule has 1 aromatic heterocycles. The van der Waals surface area contributed by atoms with Crippen molar-refractivity contribution in [2.24, 2.45) is 0 Å². The van der Waals surface area contributed by atoms with Gasteiger partial charge >= 0.3 is 0 Å². The Balaban J connectivity index is 1.75. The van der Waals surface area contributed by atoms with Gasteiger partial charge in [-0.2, -0.15) is 4.72 Å². The van der Waals surface area contributed by atoms with Gasteiger partial charge in [-0.25, -0.2) is 8.42 Å². The van der Waals surface area contributed by atoms with Crippen LogP contribution in [0.4, 0.5) is 0 Å². The third kappa shape index (κ3) is 4.85. The van der Waals surface area contributed by atoms with E-state index in [1.807, 2.05) is 30.3 Å². The van der Waals surface area contributed by atoms with Gasteiger partial charge < -0.3 is 13.9 Å². The number of hydrogen-bond donors (Lipinski definition) is 1. The number of hydrogen-bond acceptors (Lipinski definition) is 7. The molecular formula is C23H20ClN3O5S. The Labute approximate surface area is 196 Å². The fourth-order valence-electron chi connectivity index (χ4n) is 3.21. The highest BCUT2D eigenvalue weighted by atomic mass is 35.5. The molecular weight excluding hydrogens is 466 g/mol. The monoisotopic (exact) mass is 485 g/mol. The van der Waals surface area contributed by atoms with Gasteiger partial charge in [-0.3, -0.25) is 0 Å². The van der Waals surface area contributed by atoms with Crippen molar-refractivity contribution < 1.29 is 22.3 Å². The fraction of sp³-hybridized carbons (Fsp3) is 0.130. The van der Waals surface area contributed by atoms with Crippen LogP contribution in [0.1, 0.15) is 17.5 Å². The van der Waals surface area contributed by atoms with Crippen LogP contribution in [0.5, 0.6) is 11.5 Å². The first-order valence-corrected chi connectivity index (χ1v) is 11.7. The second kappa shape index (κ2) is 9.62. The smallest absolute Gasteiger partial charge is 0.247 e. The Morgan fingerprint density at radius 2 is 1.61 bits per heavy atom. The van der Waals surface area contributed by atoms with E-state index in [4.69, 9.17) is 25.5 Å². The van der Waals surface area contributed by atoms with Crippen LogP contribution in [0.2, 0.25) is 5.02 Å². The Morgan fingerprint density at radius 1 is 0.909 bits per heavy atom. The average Bonchev–Trinajstić information content (AvgIpc) is 3.33. The van der Waals surface area contributed by atoms with Crippen molar-refractivity contribution in [3.8, 4) is 23.0 Å². The molecule has 8 nitrogen and oxygen atoms in total. The van der Waals surface area contributed by atoms with Gasteiger partial charge in [0.2, 0.25) is 21.8 Å². The Morgan fingerprint density at radius 3 is 2.30 bits per heavy atom. The molecule has 0 bridgehead atoms. The molecule has 0 aliphatic carbocycles. The molecule has 170 valence electrons. The summed E-state index contributed by atoms with van der Waals surface area (Å²) in [6.45, 7) is 0. The molecule has 0 amide bonds. The van der Waals surface area contributed by atoms with Crippen LogP contribution in [0.25, 0.3) is 11.5 Å². The maximum absolute atomic E-state index is 13.3. The third-order valence-electron chi connectivity index (χ3n) is 4.86. The summed E-state index contributed by atoms with van der Waals surface area (Å²) in [4.78, 5) is -0.0278. The van der Waals surface area contributed by atoms with Crippen LogP contribution in [-0.4, -0.2) is 32.8 Å². The largest absolute Gasteiger partial charge is 0.493 e. The summed E-state index contributed by atoms with van der Waals surface area (Å²) in [6, 6.07) is 19.3. The van der Waals surface area contributed by atoms with Crippen LogP contribution in [0.3, 0.4) is 0 Å². The van der Waals surface area contributed by atoms with Crippen molar-refractivity contribution in [1.29, 1.82) is 0 Å². The Hall–Kier alpha value is -3.40. The van der Waals surface area contributed by atoms with Crippen LogP contribution < -0.4 is 14.2 Å². The lowest BCUT2D eigenvalue weighted by atomic mass is 10.1. The molecule has 4 rings (SSSR count). The van der Waals surface area contributed by atoms with Gasteiger partial charge in [0.25, 0.3) is 0 Å². The summed E-state index contributed by atoms with van der Waals surface area (Å²) in [6.07, 6.45) is 0. The normalized spacial score (nSPS) is 12.3. The number of halogens is 1. The Bertz CT molecular complexity index is 1360. The van der Waals surface area contributed by atoms with Gasteiger partial charge in [0.15, 0.2) is 11.5 Å². The number of methoxy groups -OCH3 is 2. The first-order valence-electron chi connectivity index (χ1n) is 9.80. The SMILES string of the molecule is COc1ccc(S(=O)(=O)N[C@@H](c2nnc(-c3ccccc3)o2)c2ccccc2Cl)cc1OC. The average molecular weight is 486 g/mol. The van der Waals surface area contributed by atoms with Gasteiger partial charge in [-0.05, 0) is 35.9 Å². The lowest BCUT2D eigenvalue weighted by Crippen LogP contribution is -2.30. The number of aromatic nitrogens is 2. The summed E-state index contributed by atoms with van der Waals surface area (Å²) < 4.78 is 45.5. The van der Waals surface area contributed by atoms with Crippen LogP contribution >= 0.6 is 11.6 Å². The lowest BCUT2D eigenvalue weighted by molar-refractivity contribution is 0.354. The zero-order chi connectivity index (χ0) is 23.4. The molecule has 0 unspecified atom stereocenters. The number of ether oxygens (including phenoxy) is 2. The van der Waals surface area contributed by atoms with Gasteiger partial charge in [-0.15, -0.1) is 10.2 Å². The van der Waals surface area contributed by atoms with E-state index in [0.29, 0.717) is 21.9 Å². The molecule has 0 aliphatic rings. The third-order valence-corrected chi connectivity index (χ3v) is 6.63. The number of nitrogens with zero attached hydrogens (tertiary/aromatic N) is 2. The van der Waals surface area contributed by atoms with E-state index in [1.165, 1.54) is 32.4 Å². The maximum atomic E-state index is 13.3. The van der Waals surface area contributed by atoms with E-state index in [9.17, 15) is 8.42 Å². The molecule has 1 atom stereocenters. The number of benzene rings is 3. The van der Waals surface area contributed by atoms with Gasteiger partial charge in [0.1, 0.15) is 6.04 Å². The minimum absolute atomic E-state index is 0.0278. The van der Waals surface area contributed by atoms with E-state index in [-0.39, 0.29) is 22.4 Å². The van der Waals surface area contributed by atoms with E-state index in [2.05, 4.69) is 14.9 Å². The van der Waals surface area contributed by atoms with Crippen molar-refractivity contribution in [3.05, 3.63) is 89.3 Å². The molecule has 0 aliphatic heterocycles. The molecule has 0 saturated carbocycles. The number of sulfonamides is 1. The van der Waals surface area contributed by atoms with Crippen LogP contribution in [0, 0.1) is 0 Å². The predicted octanol–water partition coefficient (Wildman–Crippen LogP) is 4.48. The van der Waals surface area contributed by atoms with E-state index in [1.54, 1.807) is 24.3 Å². The van der Waals surface area contributed by atoms with Crippen molar-refractivity contribution in [2.75, 3.05) is 14.2 Å². The molecule has 1 heterocycles. The van der Waals surface area contributed by atoms with Crippen LogP contribution in [0.15, 0.2) is 82.1 Å². The van der Waals surface area contributed by atoms with E-state index in [0.717, 1.165) is 0 Å². The number of nitrogens with one attached hydrogen (secondary N) is 1. The summed E-state index contributed by atoms with van der Waals surface area (Å²) in [5.41, 5.74) is 1.17. The second-order valence-electron chi connectivity index (χ2n) is 6.90. The molecule has 0 radical (unpaired) electrons. The second-order valence-corrected chi connectivity index (χ2v) is 9.03. The minimum atomic E-state index is -4.06. The van der Waals surface area contributed by atoms with Crippen molar-refractivity contribution in [2.45, 2.75) is 10.9 Å². The first-order chi connectivity index (χ1) is 15.9. The molecule has 0 spiro atoms.